The largest absolute Gasteiger partial charge is 0.366 e. The van der Waals surface area contributed by atoms with Gasteiger partial charge in [-0.05, 0) is 58.5 Å². The minimum Gasteiger partial charge on any atom is -0.366 e. The second-order valence-electron chi connectivity index (χ2n) is 4.24. The van der Waals surface area contributed by atoms with E-state index in [1.54, 1.807) is 6.07 Å². The molecule has 0 aromatic heterocycles. The summed E-state index contributed by atoms with van der Waals surface area (Å²) >= 11 is 1.96. The Morgan fingerprint density at radius 2 is 1.95 bits per heavy atom. The van der Waals surface area contributed by atoms with E-state index < -0.39 is 17.5 Å². The van der Waals surface area contributed by atoms with Crippen LogP contribution in [0.15, 0.2) is 36.9 Å². The zero-order chi connectivity index (χ0) is 15.6. The molecule has 0 unspecified atom stereocenters. The molecule has 0 aliphatic rings. The van der Waals surface area contributed by atoms with Crippen molar-refractivity contribution in [2.24, 2.45) is 5.73 Å². The molecule has 0 bridgehead atoms. The number of nitrogens with one attached hydrogen (secondary N) is 1. The second-order valence-corrected chi connectivity index (χ2v) is 5.49. The van der Waals surface area contributed by atoms with Crippen molar-refractivity contribution in [3.8, 4) is 0 Å². The molecule has 0 spiro atoms. The van der Waals surface area contributed by atoms with Gasteiger partial charge < -0.3 is 11.1 Å². The van der Waals surface area contributed by atoms with Crippen molar-refractivity contribution >= 4 is 45.9 Å². The fraction of sp³-hybridized carbons (Fsp3) is 0. The number of nitrogens with two attached hydrogens (primary N) is 1. The molecule has 3 N–H and O–H groups in total. The van der Waals surface area contributed by atoms with Crippen molar-refractivity contribution in [2.45, 2.75) is 0 Å². The Kier molecular flexibility index (Phi) is 4.56. The lowest BCUT2D eigenvalue weighted by atomic mass is 10.1. The number of carbonyl (C=O) groups is 1. The Morgan fingerprint density at radius 3 is 2.52 bits per heavy atom. The summed E-state index contributed by atoms with van der Waals surface area (Å²) in [6, 6.07) is 7.00. The molecule has 0 fully saturated rings. The molecule has 1 amide bonds. The Hall–Kier alpha value is -1.96. The number of hydrogen-bond donors (Lipinski definition) is 2. The summed E-state index contributed by atoms with van der Waals surface area (Å²) in [5.74, 6) is -2.07. The smallest absolute Gasteiger partial charge is 0.250 e. The van der Waals surface area contributed by atoms with E-state index >= 15 is 0 Å². The number of amides is 1. The van der Waals surface area contributed by atoms with Gasteiger partial charge in [-0.25, -0.2) is 8.78 Å². The molecule has 0 saturated heterocycles. The molecule has 3 nitrogen and oxygen atoms in total. The highest BCUT2D eigenvalue weighted by Crippen LogP contribution is 2.28. The first kappa shape index (κ1) is 15.4. The first-order valence-electron chi connectivity index (χ1n) is 5.90. The maximum Gasteiger partial charge on any atom is 0.250 e. The molecular weight excluding hydrogens is 389 g/mol. The van der Waals surface area contributed by atoms with E-state index in [9.17, 15) is 13.6 Å². The van der Waals surface area contributed by atoms with Crippen molar-refractivity contribution in [1.29, 1.82) is 0 Å². The maximum absolute atomic E-state index is 14.1. The van der Waals surface area contributed by atoms with Crippen LogP contribution >= 0.6 is 22.6 Å². The van der Waals surface area contributed by atoms with Gasteiger partial charge in [0.05, 0.1) is 16.9 Å². The number of carbonyl (C=O) groups excluding carboxylic acids is 1. The van der Waals surface area contributed by atoms with Gasteiger partial charge in [0, 0.05) is 3.57 Å². The van der Waals surface area contributed by atoms with Crippen LogP contribution in [-0.2, 0) is 0 Å². The minimum atomic E-state index is -0.814. The molecule has 0 radical (unpaired) electrons. The van der Waals surface area contributed by atoms with Crippen LogP contribution < -0.4 is 11.1 Å². The molecule has 2 aromatic carbocycles. The van der Waals surface area contributed by atoms with E-state index in [-0.39, 0.29) is 16.9 Å². The molecule has 0 atom stereocenters. The standard InChI is InChI=1S/C15H11F2IN2O/c1-2-8-5-10(15(19)21)14(12(17)6-8)20-13-4-3-9(18)7-11(13)16/h2-7,20H,1H2,(H2,19,21). The number of rotatable bonds is 4. The van der Waals surface area contributed by atoms with E-state index in [1.165, 1.54) is 30.3 Å². The number of hydrogen-bond acceptors (Lipinski definition) is 2. The number of primary amides is 1. The maximum atomic E-state index is 14.1. The summed E-state index contributed by atoms with van der Waals surface area (Å²) in [6.45, 7) is 3.51. The fourth-order valence-corrected chi connectivity index (χ4v) is 2.25. The van der Waals surface area contributed by atoms with Crippen molar-refractivity contribution in [3.05, 3.63) is 63.2 Å². The zero-order valence-electron chi connectivity index (χ0n) is 10.8. The third kappa shape index (κ3) is 3.38. The van der Waals surface area contributed by atoms with Gasteiger partial charge in [-0.3, -0.25) is 4.79 Å². The summed E-state index contributed by atoms with van der Waals surface area (Å²) in [5.41, 5.74) is 5.49. The summed E-state index contributed by atoms with van der Waals surface area (Å²) in [4.78, 5) is 11.5. The molecule has 0 saturated carbocycles. The predicted molar refractivity (Wildman–Crippen MR) is 87.4 cm³/mol. The highest BCUT2D eigenvalue weighted by atomic mass is 127. The van der Waals surface area contributed by atoms with Gasteiger partial charge in [0.1, 0.15) is 11.6 Å². The van der Waals surface area contributed by atoms with Crippen LogP contribution in [0.3, 0.4) is 0 Å². The van der Waals surface area contributed by atoms with E-state index in [1.807, 2.05) is 22.6 Å². The lowest BCUT2D eigenvalue weighted by Gasteiger charge is -2.13. The van der Waals surface area contributed by atoms with Gasteiger partial charge in [0.2, 0.25) is 0 Å². The van der Waals surface area contributed by atoms with E-state index in [2.05, 4.69) is 11.9 Å². The van der Waals surface area contributed by atoms with Gasteiger partial charge >= 0.3 is 0 Å². The molecule has 6 heteroatoms. The second kappa shape index (κ2) is 6.21. The number of halogens is 3. The first-order chi connectivity index (χ1) is 9.92. The van der Waals surface area contributed by atoms with Crippen molar-refractivity contribution in [1.82, 2.24) is 0 Å². The van der Waals surface area contributed by atoms with Crippen LogP contribution in [0.1, 0.15) is 15.9 Å². The molecule has 2 aromatic rings. The topological polar surface area (TPSA) is 55.1 Å². The summed E-state index contributed by atoms with van der Waals surface area (Å²) in [5, 5.41) is 2.58. The van der Waals surface area contributed by atoms with Crippen LogP contribution in [0.25, 0.3) is 6.08 Å². The molecule has 2 rings (SSSR count). The van der Waals surface area contributed by atoms with Crippen molar-refractivity contribution in [3.63, 3.8) is 0 Å². The van der Waals surface area contributed by atoms with Crippen LogP contribution in [0.2, 0.25) is 0 Å². The van der Waals surface area contributed by atoms with E-state index in [0.29, 0.717) is 9.13 Å². The molecular formula is C15H11F2IN2O. The normalized spacial score (nSPS) is 10.2. The highest BCUT2D eigenvalue weighted by molar-refractivity contribution is 14.1. The molecule has 0 heterocycles. The number of benzene rings is 2. The van der Waals surface area contributed by atoms with Crippen LogP contribution in [0, 0.1) is 15.2 Å². The summed E-state index contributed by atoms with van der Waals surface area (Å²) in [6.07, 6.45) is 1.39. The molecule has 0 aliphatic carbocycles. The van der Waals surface area contributed by atoms with Crippen LogP contribution in [-0.4, -0.2) is 5.91 Å². The Morgan fingerprint density at radius 1 is 1.24 bits per heavy atom. The molecule has 21 heavy (non-hydrogen) atoms. The lowest BCUT2D eigenvalue weighted by Crippen LogP contribution is -2.15. The van der Waals surface area contributed by atoms with Crippen LogP contribution in [0.4, 0.5) is 20.2 Å². The van der Waals surface area contributed by atoms with Crippen molar-refractivity contribution in [2.75, 3.05) is 5.32 Å². The molecule has 108 valence electrons. The SMILES string of the molecule is C=Cc1cc(F)c(Nc2ccc(I)cc2F)c(C(N)=O)c1. The lowest BCUT2D eigenvalue weighted by molar-refractivity contribution is 0.100. The summed E-state index contributed by atoms with van der Waals surface area (Å²) in [7, 11) is 0. The Labute approximate surface area is 134 Å². The third-order valence-corrected chi connectivity index (χ3v) is 3.48. The summed E-state index contributed by atoms with van der Waals surface area (Å²) < 4.78 is 28.6. The average molecular weight is 400 g/mol. The highest BCUT2D eigenvalue weighted by Gasteiger charge is 2.16. The van der Waals surface area contributed by atoms with Crippen LogP contribution in [0.5, 0.6) is 0 Å². The van der Waals surface area contributed by atoms with E-state index in [4.69, 9.17) is 5.73 Å². The first-order valence-corrected chi connectivity index (χ1v) is 6.98. The van der Waals surface area contributed by atoms with Gasteiger partial charge in [0.25, 0.3) is 5.91 Å². The van der Waals surface area contributed by atoms with Gasteiger partial charge in [0.15, 0.2) is 0 Å². The molecule has 0 aliphatic heterocycles. The minimum absolute atomic E-state index is 0.0585. The fourth-order valence-electron chi connectivity index (χ4n) is 1.79. The van der Waals surface area contributed by atoms with Gasteiger partial charge in [-0.1, -0.05) is 12.7 Å². The zero-order valence-corrected chi connectivity index (χ0v) is 12.9. The Balaban J connectivity index is 2.52. The number of anilines is 2. The quantitative estimate of drug-likeness (QED) is 0.761. The van der Waals surface area contributed by atoms with Crippen molar-refractivity contribution < 1.29 is 13.6 Å². The Bertz CT molecular complexity index is 732. The monoisotopic (exact) mass is 400 g/mol. The van der Waals surface area contributed by atoms with Gasteiger partial charge in [-0.2, -0.15) is 0 Å². The third-order valence-electron chi connectivity index (χ3n) is 2.80. The average Bonchev–Trinajstić information content (AvgIpc) is 2.42. The van der Waals surface area contributed by atoms with Gasteiger partial charge in [-0.15, -0.1) is 0 Å². The predicted octanol–water partition coefficient (Wildman–Crippen LogP) is 4.05. The van der Waals surface area contributed by atoms with E-state index in [0.717, 1.165) is 0 Å².